The van der Waals surface area contributed by atoms with Gasteiger partial charge in [-0.1, -0.05) is 250 Å². The maximum absolute atomic E-state index is 12.5. The molecule has 0 spiro atoms. The van der Waals surface area contributed by atoms with Crippen LogP contribution in [0.3, 0.4) is 0 Å². The number of hydrogen-bond acceptors (Lipinski definition) is 4. The lowest BCUT2D eigenvalue weighted by Crippen LogP contribution is -2.45. The first-order valence-electron chi connectivity index (χ1n) is 25.6. The van der Waals surface area contributed by atoms with Crippen LogP contribution in [0.25, 0.3) is 0 Å². The van der Waals surface area contributed by atoms with Gasteiger partial charge in [-0.25, -0.2) is 0 Å². The normalized spacial score (nSPS) is 13.6. The van der Waals surface area contributed by atoms with E-state index in [0.717, 1.165) is 25.7 Å². The third kappa shape index (κ3) is 44.2. The van der Waals surface area contributed by atoms with Crippen LogP contribution in [0.1, 0.15) is 277 Å². The Kier molecular flexibility index (Phi) is 46.5. The van der Waals surface area contributed by atoms with Crippen LogP contribution < -0.4 is 5.32 Å². The van der Waals surface area contributed by atoms with Crippen molar-refractivity contribution in [2.24, 2.45) is 0 Å². The second-order valence-corrected chi connectivity index (χ2v) is 17.8. The zero-order valence-corrected chi connectivity index (χ0v) is 38.5. The maximum atomic E-state index is 12.5. The third-order valence-corrected chi connectivity index (χ3v) is 12.0. The highest BCUT2D eigenvalue weighted by molar-refractivity contribution is 5.76. The van der Waals surface area contributed by atoms with Crippen LogP contribution in [-0.4, -0.2) is 46.1 Å². The molecule has 3 atom stereocenters. The predicted molar refractivity (Wildman–Crippen MR) is 250 cm³/mol. The van der Waals surface area contributed by atoms with Crippen molar-refractivity contribution in [2.45, 2.75) is 295 Å². The largest absolute Gasteiger partial charge is 0.394 e. The highest BCUT2D eigenvalue weighted by Gasteiger charge is 2.20. The predicted octanol–water partition coefficient (Wildman–Crippen LogP) is 15.3. The monoisotopic (exact) mass is 804 g/mol. The first-order valence-corrected chi connectivity index (χ1v) is 25.6. The summed E-state index contributed by atoms with van der Waals surface area (Å²) in [7, 11) is 0. The Balaban J connectivity index is 3.59. The highest BCUT2D eigenvalue weighted by atomic mass is 16.3. The fourth-order valence-corrected chi connectivity index (χ4v) is 8.04. The molecule has 0 aromatic heterocycles. The molecule has 0 heterocycles. The van der Waals surface area contributed by atoms with E-state index in [1.165, 1.54) is 225 Å². The summed E-state index contributed by atoms with van der Waals surface area (Å²) in [5.41, 5.74) is 0. The molecule has 0 aromatic rings. The molecule has 0 aromatic carbocycles. The molecular weight excluding hydrogens is 703 g/mol. The van der Waals surface area contributed by atoms with Crippen LogP contribution >= 0.6 is 0 Å². The SMILES string of the molecule is CCCCCCCCCCCCCC/C=C\CCCCCCCCCCC(O)CC(=O)NC(CO)C(O)/C=C/CCCCCCCCCCCCCCCCCC. The van der Waals surface area contributed by atoms with Gasteiger partial charge >= 0.3 is 0 Å². The lowest BCUT2D eigenvalue weighted by atomic mass is 10.0. The van der Waals surface area contributed by atoms with E-state index >= 15 is 0 Å². The van der Waals surface area contributed by atoms with Crippen LogP contribution in [0.2, 0.25) is 0 Å². The van der Waals surface area contributed by atoms with Crippen LogP contribution in [0, 0.1) is 0 Å². The van der Waals surface area contributed by atoms with Gasteiger partial charge < -0.3 is 20.6 Å². The van der Waals surface area contributed by atoms with Gasteiger partial charge in [0.15, 0.2) is 0 Å². The van der Waals surface area contributed by atoms with Crippen molar-refractivity contribution in [1.82, 2.24) is 5.32 Å². The number of hydrogen-bond donors (Lipinski definition) is 4. The highest BCUT2D eigenvalue weighted by Crippen LogP contribution is 2.16. The van der Waals surface area contributed by atoms with Crippen LogP contribution in [0.4, 0.5) is 0 Å². The van der Waals surface area contributed by atoms with E-state index in [4.69, 9.17) is 0 Å². The van der Waals surface area contributed by atoms with Gasteiger partial charge in [-0.05, 0) is 44.9 Å². The van der Waals surface area contributed by atoms with Gasteiger partial charge in [0.1, 0.15) is 0 Å². The quantitative estimate of drug-likeness (QED) is 0.0364. The lowest BCUT2D eigenvalue weighted by molar-refractivity contribution is -0.124. The molecule has 0 aliphatic carbocycles. The van der Waals surface area contributed by atoms with Gasteiger partial charge in [0, 0.05) is 0 Å². The molecule has 1 amide bonds. The van der Waals surface area contributed by atoms with Gasteiger partial charge in [0.25, 0.3) is 0 Å². The third-order valence-electron chi connectivity index (χ3n) is 12.0. The van der Waals surface area contributed by atoms with E-state index < -0.39 is 18.2 Å². The van der Waals surface area contributed by atoms with Crippen molar-refractivity contribution in [3.63, 3.8) is 0 Å². The molecule has 0 aliphatic rings. The molecule has 0 saturated carbocycles. The summed E-state index contributed by atoms with van der Waals surface area (Å²) in [5.74, 6) is -0.314. The molecule has 0 bridgehead atoms. The summed E-state index contributed by atoms with van der Waals surface area (Å²) in [4.78, 5) is 12.5. The number of allylic oxidation sites excluding steroid dienone is 3. The van der Waals surface area contributed by atoms with Gasteiger partial charge in [-0.15, -0.1) is 0 Å². The van der Waals surface area contributed by atoms with E-state index in [0.29, 0.717) is 6.42 Å². The Labute approximate surface area is 356 Å². The van der Waals surface area contributed by atoms with Crippen LogP contribution in [0.5, 0.6) is 0 Å². The Hall–Kier alpha value is -1.17. The smallest absolute Gasteiger partial charge is 0.222 e. The van der Waals surface area contributed by atoms with E-state index in [-0.39, 0.29) is 18.9 Å². The summed E-state index contributed by atoms with van der Waals surface area (Å²) in [5, 5.41) is 33.4. The minimum absolute atomic E-state index is 0.0138. The number of aliphatic hydroxyl groups is 3. The summed E-state index contributed by atoms with van der Waals surface area (Å²) < 4.78 is 0. The van der Waals surface area contributed by atoms with Gasteiger partial charge in [0.05, 0.1) is 31.3 Å². The second kappa shape index (κ2) is 47.5. The van der Waals surface area contributed by atoms with Crippen molar-refractivity contribution in [1.29, 1.82) is 0 Å². The maximum Gasteiger partial charge on any atom is 0.222 e. The molecule has 0 fully saturated rings. The molecule has 0 saturated heterocycles. The number of rotatable bonds is 47. The van der Waals surface area contributed by atoms with Crippen LogP contribution in [-0.2, 0) is 4.79 Å². The zero-order valence-electron chi connectivity index (χ0n) is 38.5. The molecule has 0 radical (unpaired) electrons. The molecule has 5 heteroatoms. The molecule has 57 heavy (non-hydrogen) atoms. The average Bonchev–Trinajstić information content (AvgIpc) is 3.20. The number of nitrogens with one attached hydrogen (secondary N) is 1. The first-order chi connectivity index (χ1) is 28.0. The second-order valence-electron chi connectivity index (χ2n) is 17.8. The topological polar surface area (TPSA) is 89.8 Å². The lowest BCUT2D eigenvalue weighted by Gasteiger charge is -2.21. The first kappa shape index (κ1) is 55.8. The van der Waals surface area contributed by atoms with Crippen molar-refractivity contribution in [2.75, 3.05) is 6.61 Å². The van der Waals surface area contributed by atoms with Crippen LogP contribution in [0.15, 0.2) is 24.3 Å². The standard InChI is InChI=1S/C52H101NO4/c1-3-5-7-9-11-13-15-17-19-21-23-24-25-26-27-28-29-31-33-35-37-39-41-43-45-49(55)47-52(57)53-50(48-54)51(56)46-44-42-40-38-36-34-32-30-22-20-18-16-14-12-10-8-6-4-2/h26-27,44,46,49-51,54-56H,3-25,28-43,45,47-48H2,1-2H3,(H,53,57)/b27-26-,46-44+. The van der Waals surface area contributed by atoms with Crippen molar-refractivity contribution >= 4 is 5.91 Å². The fourth-order valence-electron chi connectivity index (χ4n) is 8.04. The van der Waals surface area contributed by atoms with E-state index in [1.54, 1.807) is 6.08 Å². The molecule has 0 aliphatic heterocycles. The summed E-state index contributed by atoms with van der Waals surface area (Å²) >= 11 is 0. The van der Waals surface area contributed by atoms with Gasteiger partial charge in [0.2, 0.25) is 5.91 Å². The molecule has 3 unspecified atom stereocenters. The Morgan fingerprint density at radius 3 is 1.07 bits per heavy atom. The zero-order chi connectivity index (χ0) is 41.5. The number of aliphatic hydroxyl groups excluding tert-OH is 3. The van der Waals surface area contributed by atoms with Gasteiger partial charge in [-0.3, -0.25) is 4.79 Å². The fraction of sp³-hybridized carbons (Fsp3) is 0.904. The van der Waals surface area contributed by atoms with E-state index in [9.17, 15) is 20.1 Å². The van der Waals surface area contributed by atoms with Crippen molar-refractivity contribution in [3.05, 3.63) is 24.3 Å². The number of carbonyl (C=O) groups excluding carboxylic acids is 1. The number of carbonyl (C=O) groups is 1. The average molecular weight is 804 g/mol. The number of amides is 1. The molecule has 0 rings (SSSR count). The summed E-state index contributed by atoms with van der Waals surface area (Å²) in [6.07, 6.45) is 59.1. The summed E-state index contributed by atoms with van der Waals surface area (Å²) in [6.45, 7) is 4.24. The molecule has 338 valence electrons. The minimum Gasteiger partial charge on any atom is -0.394 e. The Morgan fingerprint density at radius 2 is 0.737 bits per heavy atom. The van der Waals surface area contributed by atoms with Gasteiger partial charge in [-0.2, -0.15) is 0 Å². The minimum atomic E-state index is -0.928. The molecule has 5 nitrogen and oxygen atoms in total. The van der Waals surface area contributed by atoms with Crippen molar-refractivity contribution < 1.29 is 20.1 Å². The van der Waals surface area contributed by atoms with Crippen molar-refractivity contribution in [3.8, 4) is 0 Å². The van der Waals surface area contributed by atoms with E-state index in [1.807, 2.05) is 6.08 Å². The molecule has 4 N–H and O–H groups in total. The molecular formula is C52H101NO4. The van der Waals surface area contributed by atoms with E-state index in [2.05, 4.69) is 31.3 Å². The summed E-state index contributed by atoms with van der Waals surface area (Å²) in [6, 6.07) is -0.744. The Bertz CT molecular complexity index is 844. The number of unbranched alkanes of at least 4 members (excludes halogenated alkanes) is 36. The Morgan fingerprint density at radius 1 is 0.439 bits per heavy atom.